The van der Waals surface area contributed by atoms with Crippen LogP contribution in [0.1, 0.15) is 62.9 Å². The van der Waals surface area contributed by atoms with Crippen LogP contribution >= 0.6 is 11.3 Å². The minimum atomic E-state index is -2.13. The second-order valence-corrected chi connectivity index (χ2v) is 13.7. The molecule has 8 rings (SSSR count). The summed E-state index contributed by atoms with van der Waals surface area (Å²) in [7, 11) is 0. The second-order valence-electron chi connectivity index (χ2n) is 12.7. The number of carbonyl (C=O) groups excluding carboxylic acids is 1. The first-order valence-corrected chi connectivity index (χ1v) is 14.1. The Morgan fingerprint density at radius 2 is 1.83 bits per heavy atom. The highest BCUT2D eigenvalue weighted by Gasteiger charge is 2.86. The van der Waals surface area contributed by atoms with Crippen molar-refractivity contribution in [3.63, 3.8) is 0 Å². The van der Waals surface area contributed by atoms with Gasteiger partial charge in [-0.2, -0.15) is 0 Å². The zero-order valence-corrected chi connectivity index (χ0v) is 21.4. The number of fused-ring (bicyclic) bond motifs is 3. The SMILES string of the molecule is C=C1C(=O)[C@@]23C(CCC1[C@H]2O)[C@@]12CO[C@@]3(O)[C@@H](O)C1C(C)(C)Cc1sc(N3CCCCCC3)nc12. The van der Waals surface area contributed by atoms with E-state index in [0.717, 1.165) is 43.2 Å². The van der Waals surface area contributed by atoms with Crippen LogP contribution in [0.5, 0.6) is 0 Å². The summed E-state index contributed by atoms with van der Waals surface area (Å²) in [4.78, 5) is 22.8. The van der Waals surface area contributed by atoms with Crippen LogP contribution in [0.3, 0.4) is 0 Å². The van der Waals surface area contributed by atoms with Crippen LogP contribution in [0.25, 0.3) is 0 Å². The van der Waals surface area contributed by atoms with Crippen LogP contribution in [-0.2, 0) is 21.4 Å². The molecule has 3 aliphatic heterocycles. The fourth-order valence-corrected chi connectivity index (χ4v) is 10.9. The van der Waals surface area contributed by atoms with Crippen molar-refractivity contribution >= 4 is 22.3 Å². The summed E-state index contributed by atoms with van der Waals surface area (Å²) >= 11 is 1.75. The minimum Gasteiger partial charge on any atom is -0.391 e. The first-order chi connectivity index (χ1) is 16.6. The largest absolute Gasteiger partial charge is 0.391 e. The third-order valence-electron chi connectivity index (χ3n) is 10.8. The van der Waals surface area contributed by atoms with E-state index in [0.29, 0.717) is 18.4 Å². The summed E-state index contributed by atoms with van der Waals surface area (Å²) in [6.07, 6.45) is 4.48. The van der Waals surface area contributed by atoms with Gasteiger partial charge in [-0.1, -0.05) is 33.3 Å². The Hall–Kier alpha value is -1.32. The van der Waals surface area contributed by atoms with E-state index in [9.17, 15) is 20.1 Å². The van der Waals surface area contributed by atoms with Gasteiger partial charge in [-0.3, -0.25) is 4.79 Å². The van der Waals surface area contributed by atoms with Gasteiger partial charge >= 0.3 is 0 Å². The summed E-state index contributed by atoms with van der Waals surface area (Å²) in [5, 5.41) is 36.5. The van der Waals surface area contributed by atoms with Crippen molar-refractivity contribution in [2.45, 2.75) is 82.2 Å². The Morgan fingerprint density at radius 3 is 2.54 bits per heavy atom. The minimum absolute atomic E-state index is 0.203. The number of ketones is 1. The van der Waals surface area contributed by atoms with Gasteiger partial charge in [0.15, 0.2) is 10.9 Å². The number of Topliss-reactive ketones (excluding diaryl/α,β-unsaturated/α-hetero) is 1. The van der Waals surface area contributed by atoms with Gasteiger partial charge in [0.05, 0.1) is 18.4 Å². The quantitative estimate of drug-likeness (QED) is 0.509. The topological polar surface area (TPSA) is 103 Å². The Bertz CT molecular complexity index is 1120. The molecule has 3 unspecified atom stereocenters. The number of thiazole rings is 1. The third-order valence-corrected chi connectivity index (χ3v) is 11.9. The fraction of sp³-hybridized carbons (Fsp3) is 0.778. The number of aliphatic hydroxyl groups is 3. The number of hydrogen-bond donors (Lipinski definition) is 3. The van der Waals surface area contributed by atoms with E-state index in [2.05, 4.69) is 25.3 Å². The first-order valence-electron chi connectivity index (χ1n) is 13.3. The molecule has 35 heavy (non-hydrogen) atoms. The molecule has 3 N–H and O–H groups in total. The molecule has 7 aliphatic rings. The standard InChI is InChI=1S/C27H36N2O5S/c1-14-15-8-9-17-25-13-34-27(33,26(17,20(14)30)21(15)31)22(32)18(25)24(2,3)12-16-19(25)28-23(35-16)29-10-6-4-5-7-11-29/h15,17-18,21-22,31-33H,1,4-13H2,2-3H3/t15?,17?,18?,21-,22+,25+,26+,27+/m1/s1. The predicted molar refractivity (Wildman–Crippen MR) is 131 cm³/mol. The second kappa shape index (κ2) is 6.95. The molecular weight excluding hydrogens is 464 g/mol. The number of ether oxygens (including phenoxy) is 1. The Labute approximate surface area is 210 Å². The van der Waals surface area contributed by atoms with Gasteiger partial charge in [-0.25, -0.2) is 4.98 Å². The van der Waals surface area contributed by atoms with Gasteiger partial charge in [0.2, 0.25) is 5.79 Å². The van der Waals surface area contributed by atoms with E-state index < -0.39 is 34.7 Å². The molecule has 4 bridgehead atoms. The Balaban J connectivity index is 1.46. The maximum atomic E-state index is 13.9. The van der Waals surface area contributed by atoms with E-state index in [-0.39, 0.29) is 29.6 Å². The molecule has 190 valence electrons. The summed E-state index contributed by atoms with van der Waals surface area (Å²) in [5.41, 5.74) is -1.38. The highest BCUT2D eigenvalue weighted by atomic mass is 32.1. The van der Waals surface area contributed by atoms with E-state index >= 15 is 0 Å². The lowest BCUT2D eigenvalue weighted by atomic mass is 9.36. The summed E-state index contributed by atoms with van der Waals surface area (Å²) in [6.45, 7) is 10.5. The normalized spacial score (nSPS) is 47.8. The summed E-state index contributed by atoms with van der Waals surface area (Å²) < 4.78 is 6.18. The Kier molecular flexibility index (Phi) is 4.54. The number of nitrogens with zero attached hydrogens (tertiary/aromatic N) is 2. The van der Waals surface area contributed by atoms with Crippen LogP contribution in [-0.4, -0.2) is 63.8 Å². The van der Waals surface area contributed by atoms with E-state index in [1.54, 1.807) is 11.3 Å². The number of aromatic nitrogens is 1. The molecule has 0 aromatic carbocycles. The van der Waals surface area contributed by atoms with Gasteiger partial charge in [-0.15, -0.1) is 11.3 Å². The van der Waals surface area contributed by atoms with Crippen LogP contribution in [0.15, 0.2) is 12.2 Å². The molecule has 6 fully saturated rings. The number of aliphatic hydroxyl groups excluding tert-OH is 2. The first kappa shape index (κ1) is 22.8. The van der Waals surface area contributed by atoms with Crippen molar-refractivity contribution in [3.8, 4) is 0 Å². The smallest absolute Gasteiger partial charge is 0.208 e. The maximum absolute atomic E-state index is 13.9. The fourth-order valence-electron chi connectivity index (χ4n) is 9.48. The van der Waals surface area contributed by atoms with E-state index in [1.165, 1.54) is 17.7 Å². The molecule has 3 saturated carbocycles. The van der Waals surface area contributed by atoms with Crippen molar-refractivity contribution in [3.05, 3.63) is 22.7 Å². The molecule has 0 amide bonds. The molecule has 8 heteroatoms. The van der Waals surface area contributed by atoms with Crippen LogP contribution < -0.4 is 4.90 Å². The number of carbonyl (C=O) groups is 1. The maximum Gasteiger partial charge on any atom is 0.208 e. The van der Waals surface area contributed by atoms with Gasteiger partial charge in [-0.05, 0) is 49.0 Å². The summed E-state index contributed by atoms with van der Waals surface area (Å²) in [5.74, 6) is -3.55. The van der Waals surface area contributed by atoms with E-state index in [1.807, 2.05) is 0 Å². The van der Waals surface area contributed by atoms with Crippen molar-refractivity contribution in [2.75, 3.05) is 24.6 Å². The highest BCUT2D eigenvalue weighted by Crippen LogP contribution is 2.75. The molecule has 7 nitrogen and oxygen atoms in total. The number of rotatable bonds is 1. The average molecular weight is 501 g/mol. The van der Waals surface area contributed by atoms with Crippen molar-refractivity contribution < 1.29 is 24.9 Å². The van der Waals surface area contributed by atoms with Crippen LogP contribution in [0.4, 0.5) is 5.13 Å². The van der Waals surface area contributed by atoms with Crippen molar-refractivity contribution in [1.29, 1.82) is 0 Å². The predicted octanol–water partition coefficient (Wildman–Crippen LogP) is 2.57. The molecule has 1 aromatic rings. The third kappa shape index (κ3) is 2.38. The zero-order chi connectivity index (χ0) is 24.5. The van der Waals surface area contributed by atoms with Gasteiger partial charge in [0, 0.05) is 35.2 Å². The lowest BCUT2D eigenvalue weighted by molar-refractivity contribution is -0.429. The van der Waals surface area contributed by atoms with E-state index in [4.69, 9.17) is 9.72 Å². The molecule has 0 radical (unpaired) electrons. The monoisotopic (exact) mass is 500 g/mol. The molecule has 8 atom stereocenters. The molecule has 4 aliphatic carbocycles. The molecule has 1 aromatic heterocycles. The summed E-state index contributed by atoms with van der Waals surface area (Å²) in [6, 6.07) is 0. The molecule has 4 heterocycles. The number of hydrogen-bond acceptors (Lipinski definition) is 8. The van der Waals surface area contributed by atoms with Gasteiger partial charge < -0.3 is 25.0 Å². The van der Waals surface area contributed by atoms with Gasteiger partial charge in [0.25, 0.3) is 0 Å². The zero-order valence-electron chi connectivity index (χ0n) is 20.6. The average Bonchev–Trinajstić information content (AvgIpc) is 3.09. The van der Waals surface area contributed by atoms with Crippen LogP contribution in [0.2, 0.25) is 0 Å². The lowest BCUT2D eigenvalue weighted by Crippen LogP contribution is -2.85. The molecule has 3 saturated heterocycles. The van der Waals surface area contributed by atoms with Crippen molar-refractivity contribution in [2.24, 2.45) is 28.6 Å². The number of anilines is 1. The molecular formula is C27H36N2O5S. The highest BCUT2D eigenvalue weighted by molar-refractivity contribution is 7.15. The van der Waals surface area contributed by atoms with Crippen LogP contribution in [0, 0.1) is 28.6 Å². The molecule has 2 spiro atoms. The van der Waals surface area contributed by atoms with Gasteiger partial charge in [0.1, 0.15) is 11.5 Å². The van der Waals surface area contributed by atoms with Crippen molar-refractivity contribution in [1.82, 2.24) is 4.98 Å². The lowest BCUT2D eigenvalue weighted by Gasteiger charge is -2.73. The Morgan fingerprint density at radius 1 is 1.11 bits per heavy atom.